The maximum Gasteiger partial charge on any atom is 0.254 e. The molecule has 0 aliphatic carbocycles. The van der Waals surface area contributed by atoms with E-state index in [0.29, 0.717) is 6.61 Å². The molecule has 0 saturated heterocycles. The highest BCUT2D eigenvalue weighted by Gasteiger charge is 2.30. The highest BCUT2D eigenvalue weighted by atomic mass is 16.7. The summed E-state index contributed by atoms with van der Waals surface area (Å²) in [6.45, 7) is 0.635. The molecule has 0 bridgehead atoms. The summed E-state index contributed by atoms with van der Waals surface area (Å²) in [5, 5.41) is 0. The molecule has 1 aromatic heterocycles. The Morgan fingerprint density at radius 2 is 2.25 bits per heavy atom. The number of hydroxylamine groups is 1. The summed E-state index contributed by atoms with van der Waals surface area (Å²) in [6, 6.07) is 11.2. The van der Waals surface area contributed by atoms with Gasteiger partial charge in [0.2, 0.25) is 0 Å². The summed E-state index contributed by atoms with van der Waals surface area (Å²) in [5.41, 5.74) is 4.26. The molecule has 20 heavy (non-hydrogen) atoms. The number of para-hydroxylation sites is 1. The normalized spacial score (nSPS) is 16.3. The topological polar surface area (TPSA) is 60.5 Å². The number of aromatic nitrogens is 1. The number of nitrogens with zero attached hydrogens (tertiary/aromatic N) is 1. The second-order valence-electron chi connectivity index (χ2n) is 4.52. The average Bonchev–Trinajstić information content (AvgIpc) is 2.92. The van der Waals surface area contributed by atoms with Crippen molar-refractivity contribution in [2.75, 3.05) is 6.61 Å². The van der Waals surface area contributed by atoms with E-state index in [1.165, 1.54) is 0 Å². The Hall–Kier alpha value is -2.40. The van der Waals surface area contributed by atoms with E-state index in [-0.39, 0.29) is 18.4 Å². The number of hydrogen-bond donors (Lipinski definition) is 1. The molecule has 5 nitrogen and oxygen atoms in total. The Kier molecular flexibility index (Phi) is 3.60. The Morgan fingerprint density at radius 1 is 1.35 bits per heavy atom. The van der Waals surface area contributed by atoms with Crippen molar-refractivity contribution in [3.05, 3.63) is 59.9 Å². The predicted octanol–water partition coefficient (Wildman–Crippen LogP) is 1.81. The van der Waals surface area contributed by atoms with Crippen molar-refractivity contribution in [3.63, 3.8) is 0 Å². The summed E-state index contributed by atoms with van der Waals surface area (Å²) in [7, 11) is 0. The van der Waals surface area contributed by atoms with Crippen LogP contribution in [0, 0.1) is 0 Å². The number of benzene rings is 1. The van der Waals surface area contributed by atoms with Crippen molar-refractivity contribution in [1.29, 1.82) is 0 Å². The van der Waals surface area contributed by atoms with Crippen LogP contribution in [0.2, 0.25) is 0 Å². The van der Waals surface area contributed by atoms with Gasteiger partial charge >= 0.3 is 0 Å². The lowest BCUT2D eigenvalue weighted by Gasteiger charge is -2.10. The first-order valence-corrected chi connectivity index (χ1v) is 6.37. The molecule has 1 aromatic carbocycles. The maximum absolute atomic E-state index is 12.1. The molecule has 5 heteroatoms. The third kappa shape index (κ3) is 2.62. The van der Waals surface area contributed by atoms with Crippen molar-refractivity contribution in [2.45, 2.75) is 12.5 Å². The van der Waals surface area contributed by atoms with Crippen molar-refractivity contribution in [2.24, 2.45) is 0 Å². The molecule has 0 fully saturated rings. The average molecular weight is 270 g/mol. The smallest absolute Gasteiger partial charge is 0.254 e. The number of hydrogen-bond acceptors (Lipinski definition) is 4. The van der Waals surface area contributed by atoms with E-state index < -0.39 is 0 Å². The molecule has 1 amide bonds. The lowest BCUT2D eigenvalue weighted by Crippen LogP contribution is -2.30. The molecule has 0 spiro atoms. The van der Waals surface area contributed by atoms with E-state index in [1.807, 2.05) is 36.4 Å². The van der Waals surface area contributed by atoms with Crippen LogP contribution in [-0.4, -0.2) is 17.5 Å². The van der Waals surface area contributed by atoms with Crippen LogP contribution >= 0.6 is 0 Å². The van der Waals surface area contributed by atoms with Gasteiger partial charge in [-0.05, 0) is 17.7 Å². The molecule has 1 aliphatic heterocycles. The van der Waals surface area contributed by atoms with Crippen molar-refractivity contribution < 1.29 is 14.4 Å². The first kappa shape index (κ1) is 12.6. The largest absolute Gasteiger partial charge is 0.492 e. The SMILES string of the molecule is O=C(NOCc1cccnc1)C1COc2ccccc21. The van der Waals surface area contributed by atoms with Crippen molar-refractivity contribution >= 4 is 5.91 Å². The minimum absolute atomic E-state index is 0.196. The minimum atomic E-state index is -0.319. The van der Waals surface area contributed by atoms with Crippen molar-refractivity contribution in [3.8, 4) is 5.75 Å². The van der Waals surface area contributed by atoms with E-state index >= 15 is 0 Å². The lowest BCUT2D eigenvalue weighted by molar-refractivity contribution is -0.136. The number of nitrogens with one attached hydrogen (secondary N) is 1. The molecule has 1 N–H and O–H groups in total. The summed E-state index contributed by atoms with van der Waals surface area (Å²) < 4.78 is 5.47. The third-order valence-corrected chi connectivity index (χ3v) is 3.15. The van der Waals surface area contributed by atoms with Gasteiger partial charge in [0.05, 0.1) is 0 Å². The third-order valence-electron chi connectivity index (χ3n) is 3.15. The van der Waals surface area contributed by atoms with Gasteiger partial charge < -0.3 is 4.74 Å². The number of fused-ring (bicyclic) bond motifs is 1. The quantitative estimate of drug-likeness (QED) is 0.861. The molecule has 1 unspecified atom stereocenters. The van der Waals surface area contributed by atoms with E-state index in [2.05, 4.69) is 10.5 Å². The molecule has 0 saturated carbocycles. The first-order valence-electron chi connectivity index (χ1n) is 6.37. The number of carbonyl (C=O) groups excluding carboxylic acids is 1. The molecule has 3 rings (SSSR count). The Bertz CT molecular complexity index is 601. The minimum Gasteiger partial charge on any atom is -0.492 e. The Morgan fingerprint density at radius 3 is 3.10 bits per heavy atom. The number of ether oxygens (including phenoxy) is 1. The lowest BCUT2D eigenvalue weighted by atomic mass is 10.0. The van der Waals surface area contributed by atoms with Gasteiger partial charge in [0.15, 0.2) is 0 Å². The van der Waals surface area contributed by atoms with E-state index in [0.717, 1.165) is 16.9 Å². The highest BCUT2D eigenvalue weighted by molar-refractivity contribution is 5.84. The Labute approximate surface area is 116 Å². The number of amides is 1. The number of rotatable bonds is 4. The zero-order valence-electron chi connectivity index (χ0n) is 10.8. The fraction of sp³-hybridized carbons (Fsp3) is 0.200. The van der Waals surface area contributed by atoms with E-state index in [4.69, 9.17) is 9.57 Å². The van der Waals surface area contributed by atoms with Crippen LogP contribution in [0.4, 0.5) is 0 Å². The molecule has 0 radical (unpaired) electrons. The highest BCUT2D eigenvalue weighted by Crippen LogP contribution is 2.33. The van der Waals surface area contributed by atoms with E-state index in [1.54, 1.807) is 12.4 Å². The zero-order chi connectivity index (χ0) is 13.8. The second kappa shape index (κ2) is 5.71. The summed E-state index contributed by atoms with van der Waals surface area (Å²) in [6.07, 6.45) is 3.38. The fourth-order valence-electron chi connectivity index (χ4n) is 2.12. The molecule has 1 aliphatic rings. The molecule has 2 aromatic rings. The van der Waals surface area contributed by atoms with Crippen molar-refractivity contribution in [1.82, 2.24) is 10.5 Å². The van der Waals surface area contributed by atoms with Gasteiger partial charge in [-0.1, -0.05) is 24.3 Å². The summed E-state index contributed by atoms with van der Waals surface area (Å²) >= 11 is 0. The monoisotopic (exact) mass is 270 g/mol. The fourth-order valence-corrected chi connectivity index (χ4v) is 2.12. The van der Waals surface area contributed by atoms with Crippen LogP contribution in [0.3, 0.4) is 0 Å². The standard InChI is InChI=1S/C15H14N2O3/c18-15(17-20-9-11-4-3-7-16-8-11)13-10-19-14-6-2-1-5-12(13)14/h1-8,13H,9-10H2,(H,17,18). The molecular formula is C15H14N2O3. The first-order chi connectivity index (χ1) is 9.84. The second-order valence-corrected chi connectivity index (χ2v) is 4.52. The molecular weight excluding hydrogens is 256 g/mol. The van der Waals surface area contributed by atoms with Crippen LogP contribution < -0.4 is 10.2 Å². The van der Waals surface area contributed by atoms with Crippen LogP contribution in [0.25, 0.3) is 0 Å². The molecule has 2 heterocycles. The van der Waals surface area contributed by atoms with Crippen LogP contribution in [-0.2, 0) is 16.2 Å². The van der Waals surface area contributed by atoms with Crippen LogP contribution in [0.15, 0.2) is 48.8 Å². The zero-order valence-corrected chi connectivity index (χ0v) is 10.8. The van der Waals surface area contributed by atoms with Gasteiger partial charge in [0.25, 0.3) is 5.91 Å². The predicted molar refractivity (Wildman–Crippen MR) is 71.8 cm³/mol. The van der Waals surface area contributed by atoms with Gasteiger partial charge in [-0.15, -0.1) is 0 Å². The summed E-state index contributed by atoms with van der Waals surface area (Å²) in [5.74, 6) is 0.249. The van der Waals surface area contributed by atoms with Gasteiger partial charge in [0, 0.05) is 18.0 Å². The number of carbonyl (C=O) groups is 1. The number of pyridine rings is 1. The molecule has 102 valence electrons. The van der Waals surface area contributed by atoms with Crippen LogP contribution in [0.1, 0.15) is 17.0 Å². The van der Waals surface area contributed by atoms with Crippen LogP contribution in [0.5, 0.6) is 5.75 Å². The van der Waals surface area contributed by atoms with Gasteiger partial charge in [-0.2, -0.15) is 0 Å². The van der Waals surface area contributed by atoms with Gasteiger partial charge in [-0.25, -0.2) is 5.48 Å². The maximum atomic E-state index is 12.1. The Balaban J connectivity index is 1.56. The van der Waals surface area contributed by atoms with E-state index in [9.17, 15) is 4.79 Å². The van der Waals surface area contributed by atoms with Gasteiger partial charge in [0.1, 0.15) is 24.9 Å². The molecule has 1 atom stereocenters. The van der Waals surface area contributed by atoms with Gasteiger partial charge in [-0.3, -0.25) is 14.6 Å². The summed E-state index contributed by atoms with van der Waals surface area (Å²) in [4.78, 5) is 21.3.